The monoisotopic (exact) mass is 403 g/mol. The molecule has 0 aliphatic carbocycles. The van der Waals surface area contributed by atoms with Gasteiger partial charge in [-0.25, -0.2) is 4.99 Å². The van der Waals surface area contributed by atoms with Crippen LogP contribution in [-0.4, -0.2) is 57.4 Å². The fourth-order valence-electron chi connectivity index (χ4n) is 2.57. The van der Waals surface area contributed by atoms with Crippen molar-refractivity contribution < 1.29 is 9.47 Å². The van der Waals surface area contributed by atoms with Crippen molar-refractivity contribution in [1.82, 2.24) is 10.2 Å². The molecule has 23 heavy (non-hydrogen) atoms. The molecule has 1 N–H and O–H groups in total. The number of hydrogen-bond donors (Lipinski definition) is 1. The molecule has 0 amide bonds. The van der Waals surface area contributed by atoms with E-state index in [1.165, 1.54) is 4.88 Å². The Labute approximate surface area is 151 Å². The predicted octanol–water partition coefficient (Wildman–Crippen LogP) is 2.96. The number of ether oxygens (including phenoxy) is 2. The van der Waals surface area contributed by atoms with Crippen LogP contribution < -0.4 is 5.32 Å². The van der Waals surface area contributed by atoms with E-state index in [0.29, 0.717) is 19.1 Å². The third-order valence-electron chi connectivity index (χ3n) is 3.71. The molecule has 0 bridgehead atoms. The summed E-state index contributed by atoms with van der Waals surface area (Å²) in [5.74, 6) is 1.59. The fourth-order valence-corrected chi connectivity index (χ4v) is 3.94. The molecule has 1 aliphatic rings. The number of methoxy groups -OCH3 is 1. The molecular weight excluding hydrogens is 378 g/mol. The average Bonchev–Trinajstić information content (AvgIpc) is 3.17. The summed E-state index contributed by atoms with van der Waals surface area (Å²) < 4.78 is 11.8. The number of aliphatic imine (C=N–C) groups is 1. The Morgan fingerprint density at radius 1 is 1.52 bits per heavy atom. The van der Waals surface area contributed by atoms with Gasteiger partial charge in [0.15, 0.2) is 5.96 Å². The molecule has 7 heteroatoms. The maximum atomic E-state index is 5.66. The first-order chi connectivity index (χ1) is 11.2. The molecule has 0 radical (unpaired) electrons. The topological polar surface area (TPSA) is 46.1 Å². The second kappa shape index (κ2) is 10.3. The van der Waals surface area contributed by atoms with Gasteiger partial charge in [-0.15, -0.1) is 11.3 Å². The van der Waals surface area contributed by atoms with Crippen LogP contribution in [0.15, 0.2) is 20.9 Å². The van der Waals surface area contributed by atoms with Gasteiger partial charge < -0.3 is 19.7 Å². The molecule has 2 heterocycles. The molecule has 130 valence electrons. The molecule has 1 unspecified atom stereocenters. The van der Waals surface area contributed by atoms with Crippen molar-refractivity contribution in [3.8, 4) is 0 Å². The van der Waals surface area contributed by atoms with Gasteiger partial charge in [0.2, 0.25) is 0 Å². The maximum absolute atomic E-state index is 5.66. The van der Waals surface area contributed by atoms with Crippen molar-refractivity contribution in [2.75, 3.05) is 46.6 Å². The van der Waals surface area contributed by atoms with Crippen molar-refractivity contribution in [3.63, 3.8) is 0 Å². The highest BCUT2D eigenvalue weighted by atomic mass is 79.9. The number of guanidine groups is 1. The molecule has 1 aliphatic heterocycles. The fraction of sp³-hybridized carbons (Fsp3) is 0.688. The van der Waals surface area contributed by atoms with Gasteiger partial charge in [0.1, 0.15) is 0 Å². The van der Waals surface area contributed by atoms with Crippen LogP contribution in [0.25, 0.3) is 0 Å². The van der Waals surface area contributed by atoms with Crippen LogP contribution >= 0.6 is 27.3 Å². The minimum atomic E-state index is 0.576. The summed E-state index contributed by atoms with van der Waals surface area (Å²) in [4.78, 5) is 8.40. The number of halogens is 1. The van der Waals surface area contributed by atoms with Crippen LogP contribution in [0.2, 0.25) is 0 Å². The molecule has 0 spiro atoms. The lowest BCUT2D eigenvalue weighted by Crippen LogP contribution is -2.40. The first-order valence-electron chi connectivity index (χ1n) is 8.05. The lowest BCUT2D eigenvalue weighted by molar-refractivity contribution is 0.0536. The summed E-state index contributed by atoms with van der Waals surface area (Å²) in [5.41, 5.74) is 0. The molecule has 0 aromatic carbocycles. The van der Waals surface area contributed by atoms with Crippen LogP contribution in [0.1, 0.15) is 18.2 Å². The van der Waals surface area contributed by atoms with E-state index in [1.54, 1.807) is 18.4 Å². The van der Waals surface area contributed by atoms with E-state index in [-0.39, 0.29) is 0 Å². The highest BCUT2D eigenvalue weighted by Crippen LogP contribution is 2.21. The largest absolute Gasteiger partial charge is 0.382 e. The van der Waals surface area contributed by atoms with Gasteiger partial charge in [0.05, 0.1) is 26.4 Å². The van der Waals surface area contributed by atoms with Crippen molar-refractivity contribution in [2.24, 2.45) is 10.9 Å². The molecule has 1 aromatic rings. The van der Waals surface area contributed by atoms with E-state index in [9.17, 15) is 0 Å². The van der Waals surface area contributed by atoms with Crippen molar-refractivity contribution >= 4 is 33.2 Å². The average molecular weight is 404 g/mol. The molecule has 1 aromatic heterocycles. The van der Waals surface area contributed by atoms with Crippen LogP contribution in [0.3, 0.4) is 0 Å². The van der Waals surface area contributed by atoms with Crippen LogP contribution in [-0.2, 0) is 16.0 Å². The Morgan fingerprint density at radius 2 is 2.39 bits per heavy atom. The van der Waals surface area contributed by atoms with E-state index < -0.39 is 0 Å². The first kappa shape index (κ1) is 18.7. The smallest absolute Gasteiger partial charge is 0.194 e. The molecule has 1 atom stereocenters. The molecule has 5 nitrogen and oxygen atoms in total. The van der Waals surface area contributed by atoms with Gasteiger partial charge in [-0.05, 0) is 35.3 Å². The van der Waals surface area contributed by atoms with E-state index in [2.05, 4.69) is 44.5 Å². The lowest BCUT2D eigenvalue weighted by atomic mass is 10.1. The van der Waals surface area contributed by atoms with E-state index in [1.807, 2.05) is 0 Å². The Balaban J connectivity index is 1.83. The number of hydrogen-bond acceptors (Lipinski definition) is 4. The summed E-state index contributed by atoms with van der Waals surface area (Å²) in [6.45, 7) is 7.91. The molecule has 0 saturated carbocycles. The van der Waals surface area contributed by atoms with Crippen molar-refractivity contribution in [3.05, 3.63) is 20.8 Å². The van der Waals surface area contributed by atoms with Crippen LogP contribution in [0.5, 0.6) is 0 Å². The van der Waals surface area contributed by atoms with Crippen LogP contribution in [0, 0.1) is 5.92 Å². The Hall–Kier alpha value is -0.630. The quantitative estimate of drug-likeness (QED) is 0.411. The van der Waals surface area contributed by atoms with Gasteiger partial charge in [-0.3, -0.25) is 0 Å². The predicted molar refractivity (Wildman–Crippen MR) is 99.2 cm³/mol. The number of likely N-dealkylation sites (tertiary alicyclic amines) is 1. The second-order valence-corrected chi connectivity index (χ2v) is 7.48. The third kappa shape index (κ3) is 6.41. The normalized spacial score (nSPS) is 18.7. The standard InChI is InChI=1S/C16H26BrN3O2S/c1-3-18-16(19-9-15-8-14(17)12-23-15)20-5-4-13(10-20)11-22-7-6-21-2/h8,12-13H,3-7,9-11H2,1-2H3,(H,18,19). The second-order valence-electron chi connectivity index (χ2n) is 5.57. The van der Waals surface area contributed by atoms with Gasteiger partial charge in [0.25, 0.3) is 0 Å². The molecule has 1 fully saturated rings. The minimum Gasteiger partial charge on any atom is -0.382 e. The van der Waals surface area contributed by atoms with Gasteiger partial charge in [-0.1, -0.05) is 0 Å². The van der Waals surface area contributed by atoms with E-state index in [4.69, 9.17) is 14.5 Å². The van der Waals surface area contributed by atoms with Gasteiger partial charge in [-0.2, -0.15) is 0 Å². The van der Waals surface area contributed by atoms with Crippen molar-refractivity contribution in [2.45, 2.75) is 19.9 Å². The zero-order chi connectivity index (χ0) is 16.5. The number of thiophene rings is 1. The van der Waals surface area contributed by atoms with E-state index >= 15 is 0 Å². The third-order valence-corrected chi connectivity index (χ3v) is 5.39. The number of nitrogens with one attached hydrogen (secondary N) is 1. The highest BCUT2D eigenvalue weighted by molar-refractivity contribution is 9.10. The summed E-state index contributed by atoms with van der Waals surface area (Å²) in [5, 5.41) is 5.50. The lowest BCUT2D eigenvalue weighted by Gasteiger charge is -2.21. The van der Waals surface area contributed by atoms with E-state index in [0.717, 1.165) is 49.6 Å². The zero-order valence-electron chi connectivity index (χ0n) is 13.9. The molecule has 2 rings (SSSR count). The minimum absolute atomic E-state index is 0.576. The Morgan fingerprint density at radius 3 is 3.09 bits per heavy atom. The van der Waals surface area contributed by atoms with Gasteiger partial charge >= 0.3 is 0 Å². The number of nitrogens with zero attached hydrogens (tertiary/aromatic N) is 2. The first-order valence-corrected chi connectivity index (χ1v) is 9.73. The number of rotatable bonds is 8. The molecular formula is C16H26BrN3O2S. The summed E-state index contributed by atoms with van der Waals surface area (Å²) in [7, 11) is 1.70. The van der Waals surface area contributed by atoms with Crippen LogP contribution in [0.4, 0.5) is 0 Å². The SMILES string of the molecule is CCNC(=NCc1cc(Br)cs1)N1CCC(COCCOC)C1. The Bertz CT molecular complexity index is 495. The maximum Gasteiger partial charge on any atom is 0.194 e. The Kier molecular flexibility index (Phi) is 8.36. The summed E-state index contributed by atoms with van der Waals surface area (Å²) in [6.07, 6.45) is 1.15. The summed E-state index contributed by atoms with van der Waals surface area (Å²) in [6, 6.07) is 2.13. The summed E-state index contributed by atoms with van der Waals surface area (Å²) >= 11 is 5.23. The van der Waals surface area contributed by atoms with Gasteiger partial charge in [0, 0.05) is 47.4 Å². The zero-order valence-corrected chi connectivity index (χ0v) is 16.3. The van der Waals surface area contributed by atoms with Crippen molar-refractivity contribution in [1.29, 1.82) is 0 Å². The highest BCUT2D eigenvalue weighted by Gasteiger charge is 2.24. The molecule has 1 saturated heterocycles.